The van der Waals surface area contributed by atoms with Crippen LogP contribution in [0.2, 0.25) is 0 Å². The third-order valence-electron chi connectivity index (χ3n) is 4.68. The molecule has 0 atom stereocenters. The number of carbonyl (C=O) groups excluding carboxylic acids is 3. The molecule has 0 aliphatic heterocycles. The largest absolute Gasteiger partial charge is 0.495 e. The number of hydrogen-bond donors (Lipinski definition) is 3. The zero-order valence-electron chi connectivity index (χ0n) is 18.7. The third kappa shape index (κ3) is 6.55. The summed E-state index contributed by atoms with van der Waals surface area (Å²) in [5.41, 5.74) is 1.59. The number of ether oxygens (including phenoxy) is 2. The molecule has 3 amide bonds. The molecule has 0 radical (unpaired) electrons. The molecule has 176 valence electrons. The molecule has 9 heteroatoms. The van der Waals surface area contributed by atoms with Crippen molar-refractivity contribution >= 4 is 29.1 Å². The number of nitrogens with one attached hydrogen (secondary N) is 3. The molecule has 0 unspecified atom stereocenters. The zero-order chi connectivity index (χ0) is 24.5. The van der Waals surface area contributed by atoms with Crippen molar-refractivity contribution in [1.82, 2.24) is 5.32 Å². The molecule has 0 heterocycles. The molecular formula is C25H24FN3O5. The Labute approximate surface area is 196 Å². The smallest absolute Gasteiger partial charge is 0.262 e. The lowest BCUT2D eigenvalue weighted by Gasteiger charge is -2.13. The number of hydrogen-bond acceptors (Lipinski definition) is 5. The average molecular weight is 465 g/mol. The van der Waals surface area contributed by atoms with E-state index >= 15 is 0 Å². The van der Waals surface area contributed by atoms with Crippen LogP contribution in [0.4, 0.5) is 15.8 Å². The number of methoxy groups -OCH3 is 1. The number of aryl methyl sites for hydroxylation is 1. The highest BCUT2D eigenvalue weighted by Gasteiger charge is 2.16. The van der Waals surface area contributed by atoms with E-state index in [1.54, 1.807) is 30.3 Å². The number of rotatable bonds is 9. The number of para-hydroxylation sites is 2. The molecule has 3 aromatic carbocycles. The standard InChI is InChI=1S/C25H24FN3O5/c1-16-11-12-22(33-2)20(13-16)29-23(30)14-27-25(32)17-7-3-6-10-21(17)34-15-24(31)28-19-9-5-4-8-18(19)26/h3-13H,14-15H2,1-2H3,(H,27,32)(H,28,31)(H,29,30). The predicted molar refractivity (Wildman–Crippen MR) is 126 cm³/mol. The number of amides is 3. The van der Waals surface area contributed by atoms with Crippen molar-refractivity contribution in [2.75, 3.05) is 30.9 Å². The van der Waals surface area contributed by atoms with E-state index in [9.17, 15) is 18.8 Å². The van der Waals surface area contributed by atoms with Crippen LogP contribution in [0.1, 0.15) is 15.9 Å². The van der Waals surface area contributed by atoms with Gasteiger partial charge < -0.3 is 25.4 Å². The Bertz CT molecular complexity index is 1200. The molecule has 3 rings (SSSR count). The quantitative estimate of drug-likeness (QED) is 0.448. The molecule has 0 aliphatic carbocycles. The first kappa shape index (κ1) is 24.2. The van der Waals surface area contributed by atoms with Gasteiger partial charge in [-0.2, -0.15) is 0 Å². The van der Waals surface area contributed by atoms with E-state index in [-0.39, 0.29) is 23.5 Å². The van der Waals surface area contributed by atoms with Gasteiger partial charge in [-0.05, 0) is 48.9 Å². The van der Waals surface area contributed by atoms with Gasteiger partial charge in [0.1, 0.15) is 17.3 Å². The summed E-state index contributed by atoms with van der Waals surface area (Å²) in [6, 6.07) is 17.4. The summed E-state index contributed by atoms with van der Waals surface area (Å²) in [5.74, 6) is -1.53. The Hall–Kier alpha value is -4.40. The summed E-state index contributed by atoms with van der Waals surface area (Å²) < 4.78 is 24.4. The first-order valence-electron chi connectivity index (χ1n) is 10.4. The van der Waals surface area contributed by atoms with Gasteiger partial charge in [-0.3, -0.25) is 14.4 Å². The highest BCUT2D eigenvalue weighted by Crippen LogP contribution is 2.25. The van der Waals surface area contributed by atoms with Crippen molar-refractivity contribution in [1.29, 1.82) is 0 Å². The Balaban J connectivity index is 1.56. The van der Waals surface area contributed by atoms with E-state index in [0.717, 1.165) is 5.56 Å². The van der Waals surface area contributed by atoms with Crippen LogP contribution in [0.3, 0.4) is 0 Å². The third-order valence-corrected chi connectivity index (χ3v) is 4.68. The van der Waals surface area contributed by atoms with Gasteiger partial charge >= 0.3 is 0 Å². The molecule has 8 nitrogen and oxygen atoms in total. The fraction of sp³-hybridized carbons (Fsp3) is 0.160. The van der Waals surface area contributed by atoms with E-state index in [2.05, 4.69) is 16.0 Å². The van der Waals surface area contributed by atoms with E-state index < -0.39 is 30.1 Å². The van der Waals surface area contributed by atoms with Gasteiger partial charge in [-0.25, -0.2) is 4.39 Å². The lowest BCUT2D eigenvalue weighted by atomic mass is 10.2. The first-order chi connectivity index (χ1) is 16.4. The van der Waals surface area contributed by atoms with Crippen molar-refractivity contribution in [2.45, 2.75) is 6.92 Å². The number of anilines is 2. The molecule has 3 aromatic rings. The molecule has 0 fully saturated rings. The first-order valence-corrected chi connectivity index (χ1v) is 10.4. The van der Waals surface area contributed by atoms with Gasteiger partial charge in [-0.15, -0.1) is 0 Å². The number of halogens is 1. The lowest BCUT2D eigenvalue weighted by molar-refractivity contribution is -0.118. The van der Waals surface area contributed by atoms with Gasteiger partial charge in [0.2, 0.25) is 5.91 Å². The molecule has 0 aliphatic rings. The maximum absolute atomic E-state index is 13.7. The van der Waals surface area contributed by atoms with Gasteiger partial charge in [0.15, 0.2) is 6.61 Å². The van der Waals surface area contributed by atoms with Gasteiger partial charge in [0.05, 0.1) is 30.6 Å². The number of benzene rings is 3. The minimum Gasteiger partial charge on any atom is -0.495 e. The maximum atomic E-state index is 13.7. The predicted octanol–water partition coefficient (Wildman–Crippen LogP) is 3.53. The topological polar surface area (TPSA) is 106 Å². The fourth-order valence-electron chi connectivity index (χ4n) is 3.04. The summed E-state index contributed by atoms with van der Waals surface area (Å²) in [4.78, 5) is 37.1. The number of carbonyl (C=O) groups is 3. The summed E-state index contributed by atoms with van der Waals surface area (Å²) in [6.07, 6.45) is 0. The van der Waals surface area contributed by atoms with E-state index in [1.165, 1.54) is 37.4 Å². The van der Waals surface area contributed by atoms with Crippen molar-refractivity contribution < 1.29 is 28.2 Å². The van der Waals surface area contributed by atoms with Crippen molar-refractivity contribution in [2.24, 2.45) is 0 Å². The zero-order valence-corrected chi connectivity index (χ0v) is 18.7. The fourth-order valence-corrected chi connectivity index (χ4v) is 3.04. The van der Waals surface area contributed by atoms with Crippen molar-refractivity contribution in [3.05, 3.63) is 83.7 Å². The molecule has 34 heavy (non-hydrogen) atoms. The molecule has 0 aromatic heterocycles. The molecule has 0 saturated heterocycles. The van der Waals surface area contributed by atoms with Crippen molar-refractivity contribution in [3.8, 4) is 11.5 Å². The second kappa shape index (κ2) is 11.5. The van der Waals surface area contributed by atoms with Crippen LogP contribution in [-0.2, 0) is 9.59 Å². The Kier molecular flexibility index (Phi) is 8.17. The highest BCUT2D eigenvalue weighted by molar-refractivity contribution is 6.01. The normalized spacial score (nSPS) is 10.2. The Morgan fingerprint density at radius 2 is 1.56 bits per heavy atom. The van der Waals surface area contributed by atoms with Crippen LogP contribution < -0.4 is 25.4 Å². The van der Waals surface area contributed by atoms with Crippen LogP contribution in [0.25, 0.3) is 0 Å². The monoisotopic (exact) mass is 465 g/mol. The lowest BCUT2D eigenvalue weighted by Crippen LogP contribution is -2.33. The van der Waals surface area contributed by atoms with Crippen LogP contribution in [0, 0.1) is 12.7 Å². The summed E-state index contributed by atoms with van der Waals surface area (Å²) in [7, 11) is 1.50. The van der Waals surface area contributed by atoms with Crippen LogP contribution in [0.5, 0.6) is 11.5 Å². The molecule has 0 spiro atoms. The second-order valence-electron chi connectivity index (χ2n) is 7.25. The van der Waals surface area contributed by atoms with Crippen molar-refractivity contribution in [3.63, 3.8) is 0 Å². The SMILES string of the molecule is COc1ccc(C)cc1NC(=O)CNC(=O)c1ccccc1OCC(=O)Nc1ccccc1F. The van der Waals surface area contributed by atoms with E-state index in [1.807, 2.05) is 13.0 Å². The molecule has 0 saturated carbocycles. The van der Waals surface area contributed by atoms with Gasteiger partial charge in [0, 0.05) is 0 Å². The second-order valence-corrected chi connectivity index (χ2v) is 7.25. The summed E-state index contributed by atoms with van der Waals surface area (Å²) in [6.45, 7) is 1.15. The summed E-state index contributed by atoms with van der Waals surface area (Å²) in [5, 5.41) is 7.63. The van der Waals surface area contributed by atoms with E-state index in [4.69, 9.17) is 9.47 Å². The van der Waals surface area contributed by atoms with E-state index in [0.29, 0.717) is 11.4 Å². The maximum Gasteiger partial charge on any atom is 0.262 e. The minimum atomic E-state index is -0.591. The average Bonchev–Trinajstić information content (AvgIpc) is 2.83. The Morgan fingerprint density at radius 3 is 2.32 bits per heavy atom. The Morgan fingerprint density at radius 1 is 0.853 bits per heavy atom. The molecule has 0 bridgehead atoms. The van der Waals surface area contributed by atoms with Crippen LogP contribution in [-0.4, -0.2) is 38.0 Å². The summed E-state index contributed by atoms with van der Waals surface area (Å²) >= 11 is 0. The molecular weight excluding hydrogens is 441 g/mol. The van der Waals surface area contributed by atoms with Crippen LogP contribution in [0.15, 0.2) is 66.7 Å². The van der Waals surface area contributed by atoms with Gasteiger partial charge in [0.25, 0.3) is 11.8 Å². The van der Waals surface area contributed by atoms with Gasteiger partial charge in [-0.1, -0.05) is 30.3 Å². The molecule has 3 N–H and O–H groups in total. The minimum absolute atomic E-state index is 0.0263. The highest BCUT2D eigenvalue weighted by atomic mass is 19.1. The van der Waals surface area contributed by atoms with Crippen LogP contribution >= 0.6 is 0 Å².